The van der Waals surface area contributed by atoms with Gasteiger partial charge in [-0.15, -0.1) is 13.2 Å². The molecule has 0 unspecified atom stereocenters. The van der Waals surface area contributed by atoms with E-state index in [1.54, 1.807) is 12.1 Å². The van der Waals surface area contributed by atoms with E-state index in [1.807, 2.05) is 0 Å². The minimum atomic E-state index is -4.64. The highest BCUT2D eigenvalue weighted by atomic mass is 19.4. The molecular weight excluding hydrogens is 327 g/mol. The first-order valence-electron chi connectivity index (χ1n) is 8.64. The van der Waals surface area contributed by atoms with Gasteiger partial charge in [-0.2, -0.15) is 0 Å². The largest absolute Gasteiger partial charge is 0.573 e. The topological polar surface area (TPSA) is 12.5 Å². The number of hydrogen-bond donors (Lipinski definition) is 0. The predicted octanol–water partition coefficient (Wildman–Crippen LogP) is 5.53. The lowest BCUT2D eigenvalue weighted by Crippen LogP contribution is -2.32. The van der Waals surface area contributed by atoms with E-state index in [4.69, 9.17) is 0 Å². The first-order valence-corrected chi connectivity index (χ1v) is 8.64. The van der Waals surface area contributed by atoms with Crippen LogP contribution in [0.4, 0.5) is 18.9 Å². The van der Waals surface area contributed by atoms with E-state index in [0.29, 0.717) is 5.92 Å². The lowest BCUT2D eigenvalue weighted by atomic mass is 9.89. The maximum atomic E-state index is 12.2. The second-order valence-electron chi connectivity index (χ2n) is 6.40. The third-order valence-corrected chi connectivity index (χ3v) is 4.79. The zero-order chi connectivity index (χ0) is 17.9. The molecule has 5 heteroatoms. The van der Waals surface area contributed by atoms with Gasteiger partial charge in [0.05, 0.1) is 0 Å². The maximum absolute atomic E-state index is 12.2. The molecule has 25 heavy (non-hydrogen) atoms. The Kier molecular flexibility index (Phi) is 5.21. The highest BCUT2D eigenvalue weighted by Crippen LogP contribution is 2.32. The summed E-state index contributed by atoms with van der Waals surface area (Å²) in [5.74, 6) is 0.218. The third-order valence-electron chi connectivity index (χ3n) is 4.79. The minimum Gasteiger partial charge on any atom is -0.406 e. The number of nitrogens with zero attached hydrogens (tertiary/aromatic N) is 1. The van der Waals surface area contributed by atoms with E-state index in [2.05, 4.69) is 40.8 Å². The van der Waals surface area contributed by atoms with Gasteiger partial charge in [-0.25, -0.2) is 0 Å². The second-order valence-corrected chi connectivity index (χ2v) is 6.40. The fourth-order valence-corrected chi connectivity index (χ4v) is 3.36. The lowest BCUT2D eigenvalue weighted by Gasteiger charge is -2.34. The van der Waals surface area contributed by atoms with Crippen LogP contribution in [0.1, 0.15) is 36.8 Å². The molecule has 134 valence electrons. The fourth-order valence-electron chi connectivity index (χ4n) is 3.36. The van der Waals surface area contributed by atoms with E-state index < -0.39 is 6.36 Å². The van der Waals surface area contributed by atoms with Crippen LogP contribution in [-0.2, 0) is 6.42 Å². The van der Waals surface area contributed by atoms with Crippen LogP contribution in [0.2, 0.25) is 0 Å². The maximum Gasteiger partial charge on any atom is 0.573 e. The minimum absolute atomic E-state index is 0.162. The molecule has 0 radical (unpaired) electrons. The molecule has 2 aromatic rings. The molecule has 1 aliphatic heterocycles. The summed E-state index contributed by atoms with van der Waals surface area (Å²) in [6.45, 7) is 4.05. The van der Waals surface area contributed by atoms with Crippen LogP contribution in [0.15, 0.2) is 48.5 Å². The molecule has 0 bridgehead atoms. The Morgan fingerprint density at radius 1 is 0.960 bits per heavy atom. The van der Waals surface area contributed by atoms with Gasteiger partial charge in [-0.3, -0.25) is 0 Å². The Hall–Kier alpha value is -2.17. The number of ether oxygens (including phenoxy) is 1. The van der Waals surface area contributed by atoms with Crippen molar-refractivity contribution in [1.82, 2.24) is 0 Å². The SMILES string of the molecule is CCc1ccc(N2CCC(c3ccc(OC(F)(F)F)cc3)CC2)cc1. The summed E-state index contributed by atoms with van der Waals surface area (Å²) < 4.78 is 40.6. The summed E-state index contributed by atoms with van der Waals surface area (Å²) in [5, 5.41) is 0. The molecule has 0 amide bonds. The molecule has 0 aromatic heterocycles. The van der Waals surface area contributed by atoms with Gasteiger partial charge in [-0.1, -0.05) is 31.2 Å². The molecule has 1 fully saturated rings. The monoisotopic (exact) mass is 349 g/mol. The van der Waals surface area contributed by atoms with E-state index in [9.17, 15) is 13.2 Å². The molecular formula is C20H22F3NO. The van der Waals surface area contributed by atoms with Crippen molar-refractivity contribution in [2.45, 2.75) is 38.5 Å². The average Bonchev–Trinajstić information content (AvgIpc) is 2.61. The van der Waals surface area contributed by atoms with Crippen molar-refractivity contribution in [2.24, 2.45) is 0 Å². The Morgan fingerprint density at radius 3 is 2.08 bits per heavy atom. The number of halogens is 3. The van der Waals surface area contributed by atoms with Crippen molar-refractivity contribution in [1.29, 1.82) is 0 Å². The normalized spacial score (nSPS) is 16.1. The first-order chi connectivity index (χ1) is 11.9. The summed E-state index contributed by atoms with van der Waals surface area (Å²) >= 11 is 0. The zero-order valence-corrected chi connectivity index (χ0v) is 14.2. The highest BCUT2D eigenvalue weighted by Gasteiger charge is 2.31. The van der Waals surface area contributed by atoms with Gasteiger partial charge >= 0.3 is 6.36 Å². The van der Waals surface area contributed by atoms with Gasteiger partial charge in [0.1, 0.15) is 5.75 Å². The van der Waals surface area contributed by atoms with Crippen molar-refractivity contribution in [2.75, 3.05) is 18.0 Å². The van der Waals surface area contributed by atoms with Gasteiger partial charge in [-0.05, 0) is 60.6 Å². The van der Waals surface area contributed by atoms with Crippen LogP contribution in [0.5, 0.6) is 5.75 Å². The van der Waals surface area contributed by atoms with Crippen molar-refractivity contribution < 1.29 is 17.9 Å². The molecule has 2 nitrogen and oxygen atoms in total. The summed E-state index contributed by atoms with van der Waals surface area (Å²) in [7, 11) is 0. The van der Waals surface area contributed by atoms with Crippen LogP contribution in [0.25, 0.3) is 0 Å². The Balaban J connectivity index is 1.58. The van der Waals surface area contributed by atoms with Crippen LogP contribution >= 0.6 is 0 Å². The van der Waals surface area contributed by atoms with Gasteiger partial charge in [0, 0.05) is 18.8 Å². The van der Waals surface area contributed by atoms with Crippen LogP contribution in [0, 0.1) is 0 Å². The molecule has 1 saturated heterocycles. The van der Waals surface area contributed by atoms with Crippen LogP contribution in [-0.4, -0.2) is 19.5 Å². The molecule has 2 aromatic carbocycles. The van der Waals surface area contributed by atoms with E-state index in [-0.39, 0.29) is 5.75 Å². The van der Waals surface area contributed by atoms with Gasteiger partial charge < -0.3 is 9.64 Å². The lowest BCUT2D eigenvalue weighted by molar-refractivity contribution is -0.274. The number of rotatable bonds is 4. The number of benzene rings is 2. The number of aryl methyl sites for hydroxylation is 1. The molecule has 3 rings (SSSR count). The summed E-state index contributed by atoms with van der Waals surface area (Å²) in [5.41, 5.74) is 3.65. The van der Waals surface area contributed by atoms with Gasteiger partial charge in [0.2, 0.25) is 0 Å². The Bertz CT molecular complexity index is 672. The average molecular weight is 349 g/mol. The fraction of sp³-hybridized carbons (Fsp3) is 0.400. The number of alkyl halides is 3. The van der Waals surface area contributed by atoms with Crippen molar-refractivity contribution in [3.05, 3.63) is 59.7 Å². The van der Waals surface area contributed by atoms with E-state index in [0.717, 1.165) is 37.9 Å². The molecule has 0 atom stereocenters. The molecule has 0 aliphatic carbocycles. The van der Waals surface area contributed by atoms with Crippen LogP contribution in [0.3, 0.4) is 0 Å². The van der Waals surface area contributed by atoms with Crippen molar-refractivity contribution in [3.8, 4) is 5.75 Å². The predicted molar refractivity (Wildman–Crippen MR) is 93.1 cm³/mol. The van der Waals surface area contributed by atoms with Gasteiger partial charge in [0.15, 0.2) is 0 Å². The second kappa shape index (κ2) is 7.38. The number of hydrogen-bond acceptors (Lipinski definition) is 2. The summed E-state index contributed by atoms with van der Waals surface area (Å²) in [4.78, 5) is 2.37. The highest BCUT2D eigenvalue weighted by molar-refractivity contribution is 5.48. The van der Waals surface area contributed by atoms with Crippen molar-refractivity contribution >= 4 is 5.69 Å². The molecule has 1 aliphatic rings. The number of piperidine rings is 1. The van der Waals surface area contributed by atoms with Crippen molar-refractivity contribution in [3.63, 3.8) is 0 Å². The number of anilines is 1. The smallest absolute Gasteiger partial charge is 0.406 e. The Labute approximate surface area is 146 Å². The summed E-state index contributed by atoms with van der Waals surface area (Å²) in [6, 6.07) is 15.0. The van der Waals surface area contributed by atoms with E-state index in [1.165, 1.54) is 23.4 Å². The van der Waals surface area contributed by atoms with E-state index >= 15 is 0 Å². The van der Waals surface area contributed by atoms with Gasteiger partial charge in [0.25, 0.3) is 0 Å². The van der Waals surface area contributed by atoms with Crippen LogP contribution < -0.4 is 9.64 Å². The summed E-state index contributed by atoms with van der Waals surface area (Å²) in [6.07, 6.45) is -1.61. The molecule has 0 saturated carbocycles. The first kappa shape index (κ1) is 17.6. The molecule has 0 spiro atoms. The Morgan fingerprint density at radius 2 is 1.56 bits per heavy atom. The quantitative estimate of drug-likeness (QED) is 0.719. The molecule has 0 N–H and O–H groups in total. The third kappa shape index (κ3) is 4.68. The molecule has 1 heterocycles. The standard InChI is InChI=1S/C20H22F3NO/c1-2-15-3-7-18(8-4-15)24-13-11-17(12-14-24)16-5-9-19(10-6-16)25-20(21,22)23/h3-10,17H,2,11-14H2,1H3. The zero-order valence-electron chi connectivity index (χ0n) is 14.2.